The summed E-state index contributed by atoms with van der Waals surface area (Å²) in [5.41, 5.74) is 1.61. The van der Waals surface area contributed by atoms with E-state index in [9.17, 15) is 5.11 Å². The van der Waals surface area contributed by atoms with Crippen LogP contribution in [0.2, 0.25) is 0 Å². The molecule has 3 aliphatic rings. The first-order chi connectivity index (χ1) is 17.9. The summed E-state index contributed by atoms with van der Waals surface area (Å²) in [6, 6.07) is 8.56. The first-order valence-corrected chi connectivity index (χ1v) is 13.3. The van der Waals surface area contributed by atoms with Gasteiger partial charge in [-0.25, -0.2) is 0 Å². The van der Waals surface area contributed by atoms with E-state index in [2.05, 4.69) is 57.8 Å². The van der Waals surface area contributed by atoms with Gasteiger partial charge in [-0.3, -0.25) is 19.4 Å². The second-order valence-electron chi connectivity index (χ2n) is 10.3. The quantitative estimate of drug-likeness (QED) is 0.454. The van der Waals surface area contributed by atoms with Crippen LogP contribution in [0.1, 0.15) is 31.7 Å². The Morgan fingerprint density at radius 2 is 1.57 bits per heavy atom. The van der Waals surface area contributed by atoms with Crippen molar-refractivity contribution in [2.45, 2.75) is 38.8 Å². The van der Waals surface area contributed by atoms with Crippen molar-refractivity contribution in [1.29, 1.82) is 0 Å². The van der Waals surface area contributed by atoms with Crippen molar-refractivity contribution >= 4 is 12.9 Å². The number of aliphatic hydroxyl groups is 1. The zero-order valence-electron chi connectivity index (χ0n) is 22.5. The van der Waals surface area contributed by atoms with E-state index >= 15 is 0 Å². The van der Waals surface area contributed by atoms with Crippen LogP contribution in [0.4, 0.5) is 0 Å². The number of likely N-dealkylation sites (N-methyl/N-ethyl adjacent to an activating group) is 2. The highest BCUT2D eigenvalue weighted by Crippen LogP contribution is 2.40. The monoisotopic (exact) mass is 522 g/mol. The molecule has 10 nitrogen and oxygen atoms in total. The molecule has 3 fully saturated rings. The number of piperazine rings is 1. The van der Waals surface area contributed by atoms with Crippen LogP contribution in [0, 0.1) is 5.41 Å². The van der Waals surface area contributed by atoms with Crippen LogP contribution in [-0.4, -0.2) is 133 Å². The maximum atomic E-state index is 10.3. The SMILES string of the molecule is CCN1CCN(CCOc2ccccc2CN2CCC3(CC2)CC(O)CN(C)C3)CC1.O=CO.O=CO. The van der Waals surface area contributed by atoms with E-state index in [0.717, 1.165) is 77.7 Å². The Morgan fingerprint density at radius 1 is 0.973 bits per heavy atom. The second kappa shape index (κ2) is 16.6. The molecule has 1 atom stereocenters. The third kappa shape index (κ3) is 10.6. The number of rotatable bonds is 7. The molecular weight excluding hydrogens is 476 g/mol. The van der Waals surface area contributed by atoms with Gasteiger partial charge in [0, 0.05) is 57.9 Å². The van der Waals surface area contributed by atoms with Gasteiger partial charge in [0.1, 0.15) is 12.4 Å². The molecule has 3 saturated heterocycles. The third-order valence-corrected chi connectivity index (χ3v) is 7.66. The summed E-state index contributed by atoms with van der Waals surface area (Å²) < 4.78 is 6.25. The van der Waals surface area contributed by atoms with Crippen molar-refractivity contribution in [1.82, 2.24) is 19.6 Å². The van der Waals surface area contributed by atoms with E-state index < -0.39 is 0 Å². The number of carbonyl (C=O) groups is 2. The summed E-state index contributed by atoms with van der Waals surface area (Å²) in [6.45, 7) is 14.5. The third-order valence-electron chi connectivity index (χ3n) is 7.66. The molecule has 0 aliphatic carbocycles. The van der Waals surface area contributed by atoms with Gasteiger partial charge in [-0.2, -0.15) is 0 Å². The fraction of sp³-hybridized carbons (Fsp3) is 0.704. The number of para-hydroxylation sites is 1. The number of aliphatic hydroxyl groups excluding tert-OH is 1. The summed E-state index contributed by atoms with van der Waals surface area (Å²) >= 11 is 0. The molecule has 1 aromatic rings. The summed E-state index contributed by atoms with van der Waals surface area (Å²) in [7, 11) is 2.15. The second-order valence-corrected chi connectivity index (χ2v) is 10.3. The van der Waals surface area contributed by atoms with E-state index in [0.29, 0.717) is 5.41 Å². The van der Waals surface area contributed by atoms with Gasteiger partial charge in [0.2, 0.25) is 0 Å². The summed E-state index contributed by atoms with van der Waals surface area (Å²) in [6.07, 6.45) is 3.17. The van der Waals surface area contributed by atoms with Crippen LogP contribution < -0.4 is 4.74 Å². The number of piperidine rings is 2. The van der Waals surface area contributed by atoms with Gasteiger partial charge in [0.15, 0.2) is 0 Å². The summed E-state index contributed by atoms with van der Waals surface area (Å²) in [5.74, 6) is 1.04. The van der Waals surface area contributed by atoms with Crippen molar-refractivity contribution in [3.63, 3.8) is 0 Å². The Morgan fingerprint density at radius 3 is 2.16 bits per heavy atom. The molecule has 1 unspecified atom stereocenters. The number of benzene rings is 1. The van der Waals surface area contributed by atoms with Gasteiger partial charge in [-0.15, -0.1) is 0 Å². The number of likely N-dealkylation sites (tertiary alicyclic amines) is 2. The molecule has 1 aromatic carbocycles. The molecule has 10 heteroatoms. The molecule has 0 saturated carbocycles. The van der Waals surface area contributed by atoms with Gasteiger partial charge in [0.05, 0.1) is 6.10 Å². The zero-order chi connectivity index (χ0) is 27.1. The lowest BCUT2D eigenvalue weighted by Crippen LogP contribution is -2.52. The van der Waals surface area contributed by atoms with Crippen LogP contribution in [0.25, 0.3) is 0 Å². The van der Waals surface area contributed by atoms with E-state index in [4.69, 9.17) is 24.5 Å². The van der Waals surface area contributed by atoms with Gasteiger partial charge in [-0.05, 0) is 57.4 Å². The Labute approximate surface area is 221 Å². The number of nitrogens with zero attached hydrogens (tertiary/aromatic N) is 4. The predicted octanol–water partition coefficient (Wildman–Crippen LogP) is 1.38. The first kappa shape index (κ1) is 31.0. The van der Waals surface area contributed by atoms with Gasteiger partial charge < -0.3 is 29.9 Å². The maximum absolute atomic E-state index is 10.3. The number of hydrogen-bond donors (Lipinski definition) is 3. The molecule has 1 spiro atoms. The van der Waals surface area contributed by atoms with Gasteiger partial charge >= 0.3 is 0 Å². The van der Waals surface area contributed by atoms with E-state index in [1.54, 1.807) is 0 Å². The van der Waals surface area contributed by atoms with Crippen LogP contribution in [0.3, 0.4) is 0 Å². The van der Waals surface area contributed by atoms with E-state index in [1.807, 2.05) is 0 Å². The molecule has 4 rings (SSSR count). The Balaban J connectivity index is 0.000000733. The lowest BCUT2D eigenvalue weighted by molar-refractivity contribution is -0.123. The molecule has 0 amide bonds. The largest absolute Gasteiger partial charge is 0.492 e. The molecule has 0 radical (unpaired) electrons. The molecule has 0 bridgehead atoms. The minimum absolute atomic E-state index is 0.163. The average Bonchev–Trinajstić information content (AvgIpc) is 2.87. The van der Waals surface area contributed by atoms with Crippen LogP contribution in [0.15, 0.2) is 24.3 Å². The minimum Gasteiger partial charge on any atom is -0.492 e. The molecule has 3 N–H and O–H groups in total. The first-order valence-electron chi connectivity index (χ1n) is 13.3. The fourth-order valence-corrected chi connectivity index (χ4v) is 5.80. The van der Waals surface area contributed by atoms with Crippen molar-refractivity contribution in [3.05, 3.63) is 29.8 Å². The van der Waals surface area contributed by atoms with Crippen LogP contribution in [-0.2, 0) is 16.1 Å². The van der Waals surface area contributed by atoms with Crippen molar-refractivity contribution < 1.29 is 29.6 Å². The van der Waals surface area contributed by atoms with Gasteiger partial charge in [-0.1, -0.05) is 25.1 Å². The van der Waals surface area contributed by atoms with Crippen LogP contribution >= 0.6 is 0 Å². The maximum Gasteiger partial charge on any atom is 0.290 e. The molecule has 3 aliphatic heterocycles. The zero-order valence-corrected chi connectivity index (χ0v) is 22.5. The van der Waals surface area contributed by atoms with E-state index in [-0.39, 0.29) is 19.0 Å². The Bertz CT molecular complexity index is 764. The number of carboxylic acid groups (broad SMARTS) is 2. The van der Waals surface area contributed by atoms with E-state index in [1.165, 1.54) is 31.5 Å². The molecular formula is C27H46N4O6. The molecule has 0 aromatic heterocycles. The average molecular weight is 523 g/mol. The number of hydrogen-bond acceptors (Lipinski definition) is 8. The normalized spacial score (nSPS) is 22.7. The highest BCUT2D eigenvalue weighted by molar-refractivity contribution is 5.33. The van der Waals surface area contributed by atoms with Crippen molar-refractivity contribution in [3.8, 4) is 5.75 Å². The van der Waals surface area contributed by atoms with Crippen molar-refractivity contribution in [2.75, 3.05) is 79.1 Å². The Kier molecular flexibility index (Phi) is 13.9. The lowest BCUT2D eigenvalue weighted by Gasteiger charge is -2.48. The highest BCUT2D eigenvalue weighted by atomic mass is 16.5. The Hall–Kier alpha value is -2.24. The van der Waals surface area contributed by atoms with Crippen molar-refractivity contribution in [2.24, 2.45) is 5.41 Å². The predicted molar refractivity (Wildman–Crippen MR) is 143 cm³/mol. The standard InChI is InChI=1S/C25H42N4O2.2CH2O2/c1-3-27-12-14-28(15-13-27)16-17-31-24-7-5-4-6-22(24)19-29-10-8-25(9-11-29)18-23(30)20-26(2)21-25;2*2-1-3/h4-7,23,30H,3,8-21H2,1-2H3;2*1H,(H,2,3). The summed E-state index contributed by atoms with van der Waals surface area (Å²) in [4.78, 5) is 26.6. The molecule has 37 heavy (non-hydrogen) atoms. The molecule has 210 valence electrons. The fourth-order valence-electron chi connectivity index (χ4n) is 5.80. The van der Waals surface area contributed by atoms with Gasteiger partial charge in [0.25, 0.3) is 12.9 Å². The molecule has 3 heterocycles. The smallest absolute Gasteiger partial charge is 0.290 e. The number of β-amino-alcohol motifs (C(OH)–C–C–N with tert-alkyl or cyclic N) is 1. The lowest BCUT2D eigenvalue weighted by atomic mass is 9.71. The van der Waals surface area contributed by atoms with Crippen LogP contribution in [0.5, 0.6) is 5.75 Å². The minimum atomic E-state index is -0.250. The topological polar surface area (TPSA) is 117 Å². The highest BCUT2D eigenvalue weighted by Gasteiger charge is 2.40. The summed E-state index contributed by atoms with van der Waals surface area (Å²) in [5, 5.41) is 24.0. The number of ether oxygens (including phenoxy) is 1.